The molecule has 2 aromatic carbocycles. The van der Waals surface area contributed by atoms with Crippen molar-refractivity contribution in [3.63, 3.8) is 0 Å². The number of hydrogen-bond donors (Lipinski definition) is 2. The molecule has 164 valence electrons. The molecule has 1 aliphatic heterocycles. The molecule has 1 heterocycles. The average Bonchev–Trinajstić information content (AvgIpc) is 2.71. The van der Waals surface area contributed by atoms with Crippen molar-refractivity contribution in [2.45, 2.75) is 51.3 Å². The lowest BCUT2D eigenvalue weighted by molar-refractivity contribution is -0.133. The molecule has 7 heteroatoms. The number of hydrogen-bond acceptors (Lipinski definition) is 5. The molecule has 7 nitrogen and oxygen atoms in total. The first-order valence-electron chi connectivity index (χ1n) is 10.4. The van der Waals surface area contributed by atoms with E-state index < -0.39 is 23.8 Å². The molecule has 0 aromatic heterocycles. The molecule has 3 rings (SSSR count). The third-order valence-electron chi connectivity index (χ3n) is 4.77. The molecule has 2 atom stereocenters. The first-order chi connectivity index (χ1) is 14.7. The number of amides is 2. The van der Waals surface area contributed by atoms with Crippen molar-refractivity contribution < 1.29 is 14.3 Å². The molecule has 2 aromatic rings. The van der Waals surface area contributed by atoms with E-state index in [0.717, 1.165) is 11.1 Å². The number of ether oxygens (including phenoxy) is 1. The number of hydrazine groups is 1. The van der Waals surface area contributed by atoms with Crippen LogP contribution in [0, 0.1) is 0 Å². The molecule has 0 saturated heterocycles. The van der Waals surface area contributed by atoms with Crippen LogP contribution in [0.3, 0.4) is 0 Å². The third-order valence-corrected chi connectivity index (χ3v) is 4.77. The summed E-state index contributed by atoms with van der Waals surface area (Å²) in [5.74, 6) is 0.404. The summed E-state index contributed by atoms with van der Waals surface area (Å²) in [5, 5.41) is 4.35. The highest BCUT2D eigenvalue weighted by molar-refractivity contribution is 5.97. The molecule has 0 radical (unpaired) electrons. The van der Waals surface area contributed by atoms with Crippen molar-refractivity contribution in [3.05, 3.63) is 71.8 Å². The van der Waals surface area contributed by atoms with Gasteiger partial charge in [-0.1, -0.05) is 60.7 Å². The Labute approximate surface area is 183 Å². The van der Waals surface area contributed by atoms with Gasteiger partial charge in [-0.05, 0) is 31.9 Å². The molecule has 0 aliphatic carbocycles. The standard InChI is InChI=1S/C24H30N4O3/c1-24(2,3)31-23(30)26-19(15-17-11-7-5-8-12-17)21-25-20(22(29)28(4)27-21)16-18-13-9-6-10-14-18/h5-14,19-20H,15-16H2,1-4H3,(H,25,27)(H,26,30)/t19-,20-/m0/s1. The summed E-state index contributed by atoms with van der Waals surface area (Å²) in [6, 6.07) is 18.5. The molecular weight excluding hydrogens is 392 g/mol. The number of nitrogens with zero attached hydrogens (tertiary/aromatic N) is 2. The summed E-state index contributed by atoms with van der Waals surface area (Å²) < 4.78 is 5.45. The number of alkyl carbamates (subject to hydrolysis) is 1. The minimum atomic E-state index is -0.619. The number of carbonyl (C=O) groups excluding carboxylic acids is 2. The summed E-state index contributed by atoms with van der Waals surface area (Å²) in [7, 11) is 1.67. The van der Waals surface area contributed by atoms with Crippen LogP contribution >= 0.6 is 0 Å². The van der Waals surface area contributed by atoms with Crippen LogP contribution in [0.4, 0.5) is 4.79 Å². The first kappa shape index (κ1) is 22.3. The highest BCUT2D eigenvalue weighted by Gasteiger charge is 2.32. The topological polar surface area (TPSA) is 83.0 Å². The van der Waals surface area contributed by atoms with Crippen molar-refractivity contribution in [2.75, 3.05) is 7.05 Å². The molecule has 0 unspecified atom stereocenters. The first-order valence-corrected chi connectivity index (χ1v) is 10.4. The monoisotopic (exact) mass is 422 g/mol. The maximum absolute atomic E-state index is 12.7. The minimum absolute atomic E-state index is 0.122. The van der Waals surface area contributed by atoms with Gasteiger partial charge in [0.1, 0.15) is 17.5 Å². The van der Waals surface area contributed by atoms with Crippen molar-refractivity contribution in [1.82, 2.24) is 15.8 Å². The second kappa shape index (κ2) is 9.64. The second-order valence-corrected chi connectivity index (χ2v) is 8.62. The van der Waals surface area contributed by atoms with Gasteiger partial charge in [0.15, 0.2) is 0 Å². The smallest absolute Gasteiger partial charge is 0.408 e. The van der Waals surface area contributed by atoms with E-state index in [0.29, 0.717) is 18.7 Å². The van der Waals surface area contributed by atoms with Crippen molar-refractivity contribution in [1.29, 1.82) is 0 Å². The predicted molar refractivity (Wildman–Crippen MR) is 121 cm³/mol. The van der Waals surface area contributed by atoms with E-state index in [4.69, 9.17) is 9.73 Å². The van der Waals surface area contributed by atoms with Crippen LogP contribution in [0.5, 0.6) is 0 Å². The van der Waals surface area contributed by atoms with Crippen LogP contribution in [0.25, 0.3) is 0 Å². The second-order valence-electron chi connectivity index (χ2n) is 8.62. The number of carbonyl (C=O) groups is 2. The Morgan fingerprint density at radius 3 is 2.26 bits per heavy atom. The number of likely N-dealkylation sites (N-methyl/N-ethyl adjacent to an activating group) is 1. The Morgan fingerprint density at radius 1 is 1.10 bits per heavy atom. The van der Waals surface area contributed by atoms with E-state index >= 15 is 0 Å². The van der Waals surface area contributed by atoms with Gasteiger partial charge in [-0.15, -0.1) is 0 Å². The van der Waals surface area contributed by atoms with Gasteiger partial charge in [0, 0.05) is 19.9 Å². The zero-order chi connectivity index (χ0) is 22.4. The van der Waals surface area contributed by atoms with E-state index in [1.165, 1.54) is 5.01 Å². The van der Waals surface area contributed by atoms with Crippen molar-refractivity contribution in [2.24, 2.45) is 4.99 Å². The van der Waals surface area contributed by atoms with Gasteiger partial charge in [-0.2, -0.15) is 0 Å². The van der Waals surface area contributed by atoms with Gasteiger partial charge in [0.25, 0.3) is 5.91 Å². The summed E-state index contributed by atoms with van der Waals surface area (Å²) >= 11 is 0. The summed E-state index contributed by atoms with van der Waals surface area (Å²) in [6.07, 6.45) is 0.461. The molecule has 2 N–H and O–H groups in total. The maximum atomic E-state index is 12.7. The predicted octanol–water partition coefficient (Wildman–Crippen LogP) is 3.11. The number of nitrogens with one attached hydrogen (secondary N) is 2. The summed E-state index contributed by atoms with van der Waals surface area (Å²) in [6.45, 7) is 5.45. The third kappa shape index (κ3) is 6.57. The maximum Gasteiger partial charge on any atom is 0.408 e. The van der Waals surface area contributed by atoms with E-state index in [1.807, 2.05) is 81.4 Å². The molecular formula is C24H30N4O3. The molecule has 0 saturated carbocycles. The molecule has 2 amide bonds. The number of benzene rings is 2. The van der Waals surface area contributed by atoms with Crippen molar-refractivity contribution in [3.8, 4) is 0 Å². The fraction of sp³-hybridized carbons (Fsp3) is 0.375. The van der Waals surface area contributed by atoms with E-state index in [1.54, 1.807) is 7.05 Å². The lowest BCUT2D eigenvalue weighted by Gasteiger charge is -2.33. The fourth-order valence-corrected chi connectivity index (χ4v) is 3.36. The number of amidine groups is 1. The van der Waals surface area contributed by atoms with Gasteiger partial charge < -0.3 is 10.1 Å². The Kier molecular flexibility index (Phi) is 6.95. The molecule has 1 aliphatic rings. The Bertz CT molecular complexity index is 923. The highest BCUT2D eigenvalue weighted by atomic mass is 16.6. The lowest BCUT2D eigenvalue weighted by Crippen LogP contribution is -2.59. The van der Waals surface area contributed by atoms with E-state index in [-0.39, 0.29) is 5.91 Å². The Balaban J connectivity index is 1.86. The van der Waals surface area contributed by atoms with Crippen LogP contribution in [0.15, 0.2) is 65.7 Å². The van der Waals surface area contributed by atoms with Gasteiger partial charge in [-0.25, -0.2) is 4.79 Å². The van der Waals surface area contributed by atoms with Crippen LogP contribution < -0.4 is 10.7 Å². The Morgan fingerprint density at radius 2 is 1.68 bits per heavy atom. The van der Waals surface area contributed by atoms with Gasteiger partial charge in [0.2, 0.25) is 0 Å². The summed E-state index contributed by atoms with van der Waals surface area (Å²) in [5.41, 5.74) is 4.48. The largest absolute Gasteiger partial charge is 0.444 e. The zero-order valence-electron chi connectivity index (χ0n) is 18.5. The van der Waals surface area contributed by atoms with Crippen LogP contribution in [0.2, 0.25) is 0 Å². The van der Waals surface area contributed by atoms with Crippen molar-refractivity contribution >= 4 is 17.8 Å². The van der Waals surface area contributed by atoms with Gasteiger partial charge in [-0.3, -0.25) is 20.2 Å². The SMILES string of the molecule is CN1NC([C@H](Cc2ccccc2)NC(=O)OC(C)(C)C)=N[C@@H](Cc2ccccc2)C1=O. The summed E-state index contributed by atoms with van der Waals surface area (Å²) in [4.78, 5) is 29.9. The quantitative estimate of drug-likeness (QED) is 0.749. The molecule has 0 bridgehead atoms. The van der Waals surface area contributed by atoms with Crippen LogP contribution in [0.1, 0.15) is 31.9 Å². The number of rotatable bonds is 6. The highest BCUT2D eigenvalue weighted by Crippen LogP contribution is 2.14. The zero-order valence-corrected chi connectivity index (χ0v) is 18.5. The fourth-order valence-electron chi connectivity index (χ4n) is 3.36. The number of aliphatic imine (C=N–C) groups is 1. The van der Waals surface area contributed by atoms with Gasteiger partial charge in [0.05, 0.1) is 6.04 Å². The molecule has 31 heavy (non-hydrogen) atoms. The Hall–Kier alpha value is -3.35. The van der Waals surface area contributed by atoms with Crippen LogP contribution in [-0.4, -0.2) is 47.6 Å². The molecule has 0 spiro atoms. The minimum Gasteiger partial charge on any atom is -0.444 e. The average molecular weight is 423 g/mol. The molecule has 0 fully saturated rings. The van der Waals surface area contributed by atoms with Crippen LogP contribution in [-0.2, 0) is 22.4 Å². The van der Waals surface area contributed by atoms with E-state index in [9.17, 15) is 9.59 Å². The van der Waals surface area contributed by atoms with E-state index in [2.05, 4.69) is 10.7 Å². The van der Waals surface area contributed by atoms with Gasteiger partial charge >= 0.3 is 6.09 Å². The normalized spacial score (nSPS) is 17.4. The lowest BCUT2D eigenvalue weighted by atomic mass is 10.0.